The number of allylic oxidation sites excluding steroid dienone is 8. The van der Waals surface area contributed by atoms with Gasteiger partial charge >= 0.3 is 99.2 Å². The second-order valence-electron chi connectivity index (χ2n) is 6.51. The summed E-state index contributed by atoms with van der Waals surface area (Å²) in [7, 11) is 0. The molecule has 0 bridgehead atoms. The zero-order chi connectivity index (χ0) is 18.4. The minimum absolute atomic E-state index is 0. The Morgan fingerprint density at radius 2 is 1.39 bits per heavy atom. The monoisotopic (exact) mass is 485 g/mol. The normalized spacial score (nSPS) is 14.2. The molecule has 0 fully saturated rings. The molecule has 0 amide bonds. The van der Waals surface area contributed by atoms with Crippen molar-refractivity contribution in [3.8, 4) is 0 Å². The van der Waals surface area contributed by atoms with Gasteiger partial charge in [0.15, 0.2) is 0 Å². The molecule has 0 saturated heterocycles. The van der Waals surface area contributed by atoms with Crippen LogP contribution in [0.2, 0.25) is 0 Å². The third kappa shape index (κ3) is 6.38. The summed E-state index contributed by atoms with van der Waals surface area (Å²) in [6, 6.07) is 21.1. The average Bonchev–Trinajstić information content (AvgIpc) is 3.34. The van der Waals surface area contributed by atoms with Crippen LogP contribution in [0, 0.1) is 6.08 Å². The zero-order valence-corrected chi connectivity index (χ0v) is 20.3. The van der Waals surface area contributed by atoms with E-state index in [1.807, 2.05) is 0 Å². The van der Waals surface area contributed by atoms with Gasteiger partial charge in [-0.3, -0.25) is 6.08 Å². The van der Waals surface area contributed by atoms with Gasteiger partial charge in [0.05, 0.1) is 0 Å². The molecule has 2 aliphatic carbocycles. The van der Waals surface area contributed by atoms with Crippen molar-refractivity contribution in [2.75, 3.05) is 0 Å². The van der Waals surface area contributed by atoms with E-state index in [0.29, 0.717) is 0 Å². The van der Waals surface area contributed by atoms with Gasteiger partial charge < -0.3 is 0 Å². The van der Waals surface area contributed by atoms with E-state index in [1.165, 1.54) is 60.9 Å². The Hall–Kier alpha value is -1.27. The fourth-order valence-electron chi connectivity index (χ4n) is 3.11. The van der Waals surface area contributed by atoms with Crippen molar-refractivity contribution in [3.05, 3.63) is 118 Å². The summed E-state index contributed by atoms with van der Waals surface area (Å²) in [5, 5.41) is 0. The van der Waals surface area contributed by atoms with Gasteiger partial charge in [-0.05, 0) is 6.42 Å². The molecule has 4 rings (SSSR count). The van der Waals surface area contributed by atoms with Crippen LogP contribution in [0.4, 0.5) is 0 Å². The summed E-state index contributed by atoms with van der Waals surface area (Å²) in [6.07, 6.45) is 12.1. The molecular formula is C25H25Cl2Zr-. The van der Waals surface area contributed by atoms with Crippen molar-refractivity contribution in [2.24, 2.45) is 0 Å². The Balaban J connectivity index is 0.000000264. The predicted octanol–water partition coefficient (Wildman–Crippen LogP) is 6.99. The molecule has 0 aromatic heterocycles. The first-order valence-electron chi connectivity index (χ1n) is 9.00. The molecule has 0 spiro atoms. The summed E-state index contributed by atoms with van der Waals surface area (Å²) in [4.78, 5) is 0. The van der Waals surface area contributed by atoms with Crippen molar-refractivity contribution in [1.82, 2.24) is 0 Å². The van der Waals surface area contributed by atoms with Gasteiger partial charge in [0, 0.05) is 0 Å². The van der Waals surface area contributed by atoms with Crippen molar-refractivity contribution >= 4 is 28.0 Å². The Bertz CT molecular complexity index is 863. The standard InChI is InChI=1S/C13H10.C12H13.2ClH.Zr/c1-3-7-12(8-4-1)11-13-9-5-2-6-10-13;1-9-7-8-12(10(9)2)11-5-3-4-6-11;;;/h1-10H;3-5H,6,8H2,1-2H3;2*1H;/q;-1;;;. The van der Waals surface area contributed by atoms with E-state index in [4.69, 9.17) is 0 Å². The molecule has 2 aromatic carbocycles. The summed E-state index contributed by atoms with van der Waals surface area (Å²) in [5.74, 6) is 0. The van der Waals surface area contributed by atoms with Gasteiger partial charge in [0.1, 0.15) is 0 Å². The van der Waals surface area contributed by atoms with E-state index < -0.39 is 0 Å². The number of hydrogen-bond donors (Lipinski definition) is 0. The molecule has 0 N–H and O–H groups in total. The van der Waals surface area contributed by atoms with Gasteiger partial charge in [-0.15, -0.1) is 43.7 Å². The number of halogens is 2. The van der Waals surface area contributed by atoms with Gasteiger partial charge in [-0.1, -0.05) is 30.7 Å². The van der Waals surface area contributed by atoms with Crippen LogP contribution in [0.3, 0.4) is 0 Å². The Labute approximate surface area is 196 Å². The number of hydrogen-bond acceptors (Lipinski definition) is 0. The fraction of sp³-hybridized carbons (Fsp3) is 0.160. The number of benzene rings is 2. The molecule has 0 atom stereocenters. The third-order valence-electron chi connectivity index (χ3n) is 4.83. The summed E-state index contributed by atoms with van der Waals surface area (Å²) >= 11 is 1.46. The van der Waals surface area contributed by atoms with Crippen molar-refractivity contribution in [2.45, 2.75) is 26.7 Å². The second kappa shape index (κ2) is 12.3. The Kier molecular flexibility index (Phi) is 10.9. The molecular weight excluding hydrogens is 462 g/mol. The molecule has 0 radical (unpaired) electrons. The number of rotatable bonds is 3. The molecule has 0 aliphatic heterocycles. The van der Waals surface area contributed by atoms with Crippen molar-refractivity contribution in [1.29, 1.82) is 0 Å². The van der Waals surface area contributed by atoms with Crippen LogP contribution in [0.1, 0.15) is 37.8 Å². The first-order chi connectivity index (χ1) is 12.7. The molecule has 0 nitrogen and oxygen atoms in total. The minimum atomic E-state index is 0. The van der Waals surface area contributed by atoms with Crippen LogP contribution in [-0.4, -0.2) is 3.21 Å². The predicted molar refractivity (Wildman–Crippen MR) is 122 cm³/mol. The fourth-order valence-corrected chi connectivity index (χ4v) is 3.93. The topological polar surface area (TPSA) is 0 Å². The Morgan fingerprint density at radius 1 is 0.857 bits per heavy atom. The average molecular weight is 488 g/mol. The zero-order valence-electron chi connectivity index (χ0n) is 16.2. The van der Waals surface area contributed by atoms with Crippen LogP contribution in [0.15, 0.2) is 101 Å². The second-order valence-corrected chi connectivity index (χ2v) is 7.74. The van der Waals surface area contributed by atoms with Crippen LogP contribution < -0.4 is 0 Å². The summed E-state index contributed by atoms with van der Waals surface area (Å²) in [6.45, 7) is 4.34. The molecule has 0 heterocycles. The van der Waals surface area contributed by atoms with E-state index in [1.54, 1.807) is 0 Å². The van der Waals surface area contributed by atoms with Gasteiger partial charge in [0.25, 0.3) is 0 Å². The van der Waals surface area contributed by atoms with Gasteiger partial charge in [-0.2, -0.15) is 5.57 Å². The third-order valence-corrected chi connectivity index (χ3v) is 6.25. The summed E-state index contributed by atoms with van der Waals surface area (Å²) < 4.78 is 1.42. The van der Waals surface area contributed by atoms with Gasteiger partial charge in [-0.25, -0.2) is 5.57 Å². The van der Waals surface area contributed by atoms with Crippen LogP contribution in [0.25, 0.3) is 0 Å². The van der Waals surface area contributed by atoms with Gasteiger partial charge in [0.2, 0.25) is 0 Å². The van der Waals surface area contributed by atoms with E-state index in [2.05, 4.69) is 98.8 Å². The van der Waals surface area contributed by atoms with Crippen molar-refractivity contribution in [3.63, 3.8) is 0 Å². The van der Waals surface area contributed by atoms with E-state index in [9.17, 15) is 0 Å². The quantitative estimate of drug-likeness (QED) is 0.410. The SMILES string of the molecule is CC1=[C-]CC(C2=CC=CC2)=C1C.Cl.Cl.[Zr]=[C](c1ccccc1)c1ccccc1. The van der Waals surface area contributed by atoms with Crippen LogP contribution in [-0.2, 0) is 24.2 Å². The maximum absolute atomic E-state index is 3.37. The molecule has 3 heteroatoms. The van der Waals surface area contributed by atoms with Crippen molar-refractivity contribution < 1.29 is 24.2 Å². The first kappa shape index (κ1) is 24.8. The molecule has 2 aromatic rings. The molecule has 0 saturated carbocycles. The van der Waals surface area contributed by atoms with E-state index >= 15 is 0 Å². The van der Waals surface area contributed by atoms with E-state index in [0.717, 1.165) is 12.8 Å². The van der Waals surface area contributed by atoms with E-state index in [-0.39, 0.29) is 24.8 Å². The molecule has 2 aliphatic rings. The molecule has 28 heavy (non-hydrogen) atoms. The summed E-state index contributed by atoms with van der Waals surface area (Å²) in [5.41, 5.74) is 8.41. The first-order valence-corrected chi connectivity index (χ1v) is 10.2. The molecule has 0 unspecified atom stereocenters. The van der Waals surface area contributed by atoms with Crippen LogP contribution >= 0.6 is 24.8 Å². The Morgan fingerprint density at radius 3 is 1.79 bits per heavy atom. The maximum atomic E-state index is 3.37. The molecule has 144 valence electrons. The van der Waals surface area contributed by atoms with Crippen LogP contribution in [0.5, 0.6) is 0 Å².